The largest absolute Gasteiger partial charge is 0.472 e. The summed E-state index contributed by atoms with van der Waals surface area (Å²) in [6.45, 7) is -6.67. The van der Waals surface area contributed by atoms with E-state index in [1.165, 1.54) is 6.92 Å². The van der Waals surface area contributed by atoms with Crippen LogP contribution in [0.25, 0.3) is 0 Å². The van der Waals surface area contributed by atoms with Crippen LogP contribution in [0.1, 0.15) is 6.92 Å². The molecule has 0 aliphatic carbocycles. The van der Waals surface area contributed by atoms with Gasteiger partial charge in [0, 0.05) is 0 Å². The highest BCUT2D eigenvalue weighted by Gasteiger charge is 2.60. The average molecular weight is 1240 g/mol. The molecule has 21 rings (SSSR count). The van der Waals surface area contributed by atoms with Crippen LogP contribution in [-0.2, 0) is 79.9 Å². The van der Waals surface area contributed by atoms with Crippen molar-refractivity contribution in [2.24, 2.45) is 0 Å². The van der Waals surface area contributed by atoms with E-state index in [4.69, 9.17) is 75.4 Å². The Morgan fingerprint density at radius 1 is 0.277 bits per heavy atom. The molecule has 21 fully saturated rings. The molecule has 0 aromatic rings. The Hall–Kier alpha value is -1.25. The Balaban J connectivity index is 1.10. The highest BCUT2D eigenvalue weighted by Crippen LogP contribution is 2.45. The summed E-state index contributed by atoms with van der Waals surface area (Å²) in [7, 11) is -4.96. The Morgan fingerprint density at radius 3 is 0.614 bits per heavy atom. The van der Waals surface area contributed by atoms with E-state index in [0.29, 0.717) is 0 Å². The molecule has 39 heteroatoms. The van der Waals surface area contributed by atoms with E-state index >= 15 is 0 Å². The van der Waals surface area contributed by atoms with E-state index in [2.05, 4.69) is 0 Å². The molecule has 484 valence electrons. The smallest absolute Gasteiger partial charge is 0.394 e. The summed E-state index contributed by atoms with van der Waals surface area (Å²) in [6.07, 6.45) is -72.6. The summed E-state index contributed by atoms with van der Waals surface area (Å²) in [4.78, 5) is 10.3. The lowest BCUT2D eigenvalue weighted by Crippen LogP contribution is -2.68. The van der Waals surface area contributed by atoms with Crippen LogP contribution < -0.4 is 0 Å². The Kier molecular flexibility index (Phi) is 23.4. The molecule has 1 unspecified atom stereocenters. The number of hydrogen-bond donors (Lipinski definition) is 21. The molecule has 21 saturated heterocycles. The minimum Gasteiger partial charge on any atom is -0.394 e. The number of hydrogen-bond acceptors (Lipinski definition) is 37. The molecule has 0 aromatic carbocycles. The number of aliphatic hydroxyl groups excluding tert-OH is 20. The second-order valence-electron chi connectivity index (χ2n) is 20.7. The Labute approximate surface area is 468 Å². The maximum Gasteiger partial charge on any atom is 0.472 e. The zero-order valence-electron chi connectivity index (χ0n) is 43.6. The van der Waals surface area contributed by atoms with Gasteiger partial charge in [0.15, 0.2) is 44.0 Å². The lowest BCUT2D eigenvalue weighted by atomic mass is 9.95. The van der Waals surface area contributed by atoms with Gasteiger partial charge in [0.1, 0.15) is 171 Å². The van der Waals surface area contributed by atoms with E-state index in [9.17, 15) is 112 Å². The first-order valence-electron chi connectivity index (χ1n) is 26.3. The summed E-state index contributed by atoms with van der Waals surface area (Å²) in [6, 6.07) is 0. The lowest BCUT2D eigenvalue weighted by Gasteiger charge is -2.50. The van der Waals surface area contributed by atoms with Gasteiger partial charge in [0.25, 0.3) is 0 Å². The molecule has 36 atom stereocenters. The molecule has 38 nitrogen and oxygen atoms in total. The molecule has 14 bridgehead atoms. The normalized spacial score (nSPS) is 53.0. The predicted octanol–water partition coefficient (Wildman–Crippen LogP) is -14.1. The SMILES string of the molecule is CCOP(=O)(O)OC[C@H]1O[C@@H]2O[C@H]3[C@H](O)[C@@H](O)[C@@H](O[C@H]4[C@H](O)[C@@H](O)[C@@H](O[C@H]5[C@H](O)[C@@H](O)[C@@H](O[C@H]6[C@H](O)[C@@H](O)[C@@H](O[C@H]7[C@H](O)[C@@H](O)[C@@H](O[C@H]8[C@H](O)[C@@H](O)[C@@H](O[C@H]1[C@H](O)[C@H]2O)O[C@@H]8CO)O[C@@H]7CO)O[C@@H]6CO)O[C@@H]5CO)O[C@@H]4CO)O[C@@H]3CO. The highest BCUT2D eigenvalue weighted by molar-refractivity contribution is 7.47. The van der Waals surface area contributed by atoms with Crippen molar-refractivity contribution in [3.05, 3.63) is 0 Å². The fraction of sp³-hybridized carbons (Fsp3) is 1.00. The monoisotopic (exact) mass is 1240 g/mol. The first kappa shape index (κ1) is 67.7. The van der Waals surface area contributed by atoms with E-state index < -0.39 is 269 Å². The fourth-order valence-electron chi connectivity index (χ4n) is 10.8. The van der Waals surface area contributed by atoms with Crippen LogP contribution >= 0.6 is 7.82 Å². The molecule has 0 saturated carbocycles. The number of phosphoric acid groups is 1. The molecule has 21 N–H and O–H groups in total. The Bertz CT molecular complexity index is 2040. The number of aliphatic hydroxyl groups is 20. The van der Waals surface area contributed by atoms with Gasteiger partial charge in [-0.3, -0.25) is 9.05 Å². The third-order valence-electron chi connectivity index (χ3n) is 15.3. The summed E-state index contributed by atoms with van der Waals surface area (Å²) in [5, 5.41) is 222. The quantitative estimate of drug-likeness (QED) is 0.0854. The van der Waals surface area contributed by atoms with E-state index in [-0.39, 0.29) is 6.61 Å². The van der Waals surface area contributed by atoms with Crippen LogP contribution in [0.2, 0.25) is 0 Å². The minimum atomic E-state index is -4.96. The topological polar surface area (TPSA) is 590 Å². The molecule has 21 aliphatic heterocycles. The summed E-state index contributed by atoms with van der Waals surface area (Å²) >= 11 is 0. The number of ether oxygens (including phenoxy) is 14. The van der Waals surface area contributed by atoms with Gasteiger partial charge in [-0.15, -0.1) is 0 Å². The van der Waals surface area contributed by atoms with Crippen molar-refractivity contribution in [1.29, 1.82) is 0 Å². The van der Waals surface area contributed by atoms with Gasteiger partial charge in [-0.1, -0.05) is 0 Å². The average Bonchev–Trinajstić information content (AvgIpc) is 3.65. The maximum atomic E-state index is 12.7. The summed E-state index contributed by atoms with van der Waals surface area (Å²) in [5.41, 5.74) is 0. The van der Waals surface area contributed by atoms with Gasteiger partial charge in [0.05, 0.1) is 52.9 Å². The molecular weight excluding hydrogens is 1170 g/mol. The molecule has 21 aliphatic rings. The van der Waals surface area contributed by atoms with Gasteiger partial charge in [-0.2, -0.15) is 0 Å². The van der Waals surface area contributed by atoms with Crippen LogP contribution in [-0.4, -0.2) is 375 Å². The summed E-state index contributed by atoms with van der Waals surface area (Å²) in [5.74, 6) is 0. The van der Waals surface area contributed by atoms with Crippen LogP contribution in [0.5, 0.6) is 0 Å². The molecule has 21 heterocycles. The van der Waals surface area contributed by atoms with Gasteiger partial charge >= 0.3 is 7.82 Å². The summed E-state index contributed by atoms with van der Waals surface area (Å²) < 4.78 is 102. The molecule has 0 aromatic heterocycles. The van der Waals surface area contributed by atoms with Crippen LogP contribution in [0.15, 0.2) is 0 Å². The second kappa shape index (κ2) is 28.7. The van der Waals surface area contributed by atoms with Gasteiger partial charge in [-0.25, -0.2) is 4.57 Å². The standard InChI is InChI=1S/C44H75O38P/c1-2-67-83(65,66)68-9-16-37-23(57)30(64)44(75-16)81-36-15(8-50)73-42(28(62)21(36)55)79-34-13(6-48)71-40(26(60)19(34)53)77-32-11(4-46)69-38(24(58)17(32)51)76-31-10(3-45)70-39(25(59)18(31)52)78-33-12(5-47)72-41(27(61)20(33)54)80-35-14(7-49)74-43(82-37)29(63)22(35)56/h10-64H,2-9H2,1H3,(H,65,66)/t10-,11-,12-,13-,14-,15-,16-,17-,18-,19-,20-,21-,22-,23-,24-,25-,26-,27-,28-,29-,30-,31-,32-,33-,34-,35-,36-,37-,38-,39-,40-,41-,42-,43-,44-/m1/s1. The maximum absolute atomic E-state index is 12.7. The van der Waals surface area contributed by atoms with Crippen LogP contribution in [0, 0.1) is 0 Å². The van der Waals surface area contributed by atoms with Gasteiger partial charge in [-0.05, 0) is 6.92 Å². The van der Waals surface area contributed by atoms with Crippen molar-refractivity contribution < 1.29 is 187 Å². The van der Waals surface area contributed by atoms with Crippen molar-refractivity contribution in [3.63, 3.8) is 0 Å². The van der Waals surface area contributed by atoms with Crippen molar-refractivity contribution in [2.75, 3.05) is 52.9 Å². The lowest BCUT2D eigenvalue weighted by molar-refractivity contribution is -0.396. The minimum absolute atomic E-state index is 0.376. The Morgan fingerprint density at radius 2 is 0.446 bits per heavy atom. The van der Waals surface area contributed by atoms with Crippen LogP contribution in [0.4, 0.5) is 0 Å². The van der Waals surface area contributed by atoms with Crippen molar-refractivity contribution in [1.82, 2.24) is 0 Å². The molecular formula is C44H75O38P. The zero-order chi connectivity index (χ0) is 60.7. The van der Waals surface area contributed by atoms with Crippen molar-refractivity contribution in [2.45, 2.75) is 222 Å². The zero-order valence-corrected chi connectivity index (χ0v) is 44.5. The predicted molar refractivity (Wildman–Crippen MR) is 249 cm³/mol. The molecule has 0 spiro atoms. The highest BCUT2D eigenvalue weighted by atomic mass is 31.2. The van der Waals surface area contributed by atoms with Crippen LogP contribution in [0.3, 0.4) is 0 Å². The number of rotatable bonds is 11. The second-order valence-corrected chi connectivity index (χ2v) is 22.1. The molecule has 83 heavy (non-hydrogen) atoms. The van der Waals surface area contributed by atoms with E-state index in [1.54, 1.807) is 0 Å². The van der Waals surface area contributed by atoms with Gasteiger partial charge < -0.3 is 173 Å². The number of phosphoric ester groups is 1. The first-order chi connectivity index (χ1) is 39.4. The molecule has 0 amide bonds. The third-order valence-corrected chi connectivity index (χ3v) is 16.4. The van der Waals surface area contributed by atoms with E-state index in [1.807, 2.05) is 0 Å². The van der Waals surface area contributed by atoms with Crippen molar-refractivity contribution >= 4 is 7.82 Å². The van der Waals surface area contributed by atoms with Gasteiger partial charge in [0.2, 0.25) is 0 Å². The first-order valence-corrected chi connectivity index (χ1v) is 27.8. The van der Waals surface area contributed by atoms with Crippen molar-refractivity contribution in [3.8, 4) is 0 Å². The molecule has 0 radical (unpaired) electrons. The van der Waals surface area contributed by atoms with E-state index in [0.717, 1.165) is 0 Å². The third kappa shape index (κ3) is 14.1. The fourth-order valence-corrected chi connectivity index (χ4v) is 11.5.